The Kier molecular flexibility index (Phi) is 3.36. The topological polar surface area (TPSA) is 46.9 Å². The molecule has 0 aliphatic rings. The van der Waals surface area contributed by atoms with E-state index in [-0.39, 0.29) is 12.5 Å². The van der Waals surface area contributed by atoms with Crippen molar-refractivity contribution in [2.45, 2.75) is 6.54 Å². The highest BCUT2D eigenvalue weighted by atomic mass is 79.9. The first-order valence-corrected chi connectivity index (χ1v) is 5.56. The van der Waals surface area contributed by atoms with E-state index in [2.05, 4.69) is 26.3 Å². The van der Waals surface area contributed by atoms with Gasteiger partial charge in [0.1, 0.15) is 6.54 Å². The summed E-state index contributed by atoms with van der Waals surface area (Å²) in [5.41, 5.74) is 0.790. The van der Waals surface area contributed by atoms with Gasteiger partial charge in [0.15, 0.2) is 0 Å². The van der Waals surface area contributed by atoms with Crippen molar-refractivity contribution in [3.8, 4) is 0 Å². The van der Waals surface area contributed by atoms with Crippen LogP contribution in [0, 0.1) is 0 Å². The molecule has 82 valence electrons. The van der Waals surface area contributed by atoms with Gasteiger partial charge in [-0.15, -0.1) is 0 Å². The van der Waals surface area contributed by atoms with Crippen molar-refractivity contribution in [1.29, 1.82) is 0 Å². The number of para-hydroxylation sites is 1. The molecule has 0 saturated carbocycles. The molecule has 0 aliphatic heterocycles. The van der Waals surface area contributed by atoms with E-state index < -0.39 is 0 Å². The van der Waals surface area contributed by atoms with Crippen LogP contribution in [0.1, 0.15) is 0 Å². The monoisotopic (exact) mass is 279 g/mol. The van der Waals surface area contributed by atoms with Gasteiger partial charge in [0.05, 0.1) is 10.7 Å². The van der Waals surface area contributed by atoms with E-state index in [0.717, 1.165) is 10.2 Å². The average Bonchev–Trinajstić information content (AvgIpc) is 2.65. The number of hydrogen-bond acceptors (Lipinski definition) is 2. The van der Waals surface area contributed by atoms with Crippen LogP contribution >= 0.6 is 15.9 Å². The number of aromatic nitrogens is 2. The predicted octanol–water partition coefficient (Wildman–Crippen LogP) is 2.28. The van der Waals surface area contributed by atoms with Crippen molar-refractivity contribution in [1.82, 2.24) is 9.78 Å². The Hall–Kier alpha value is -1.62. The molecule has 0 saturated heterocycles. The smallest absolute Gasteiger partial charge is 0.246 e. The van der Waals surface area contributed by atoms with Crippen LogP contribution in [0.2, 0.25) is 0 Å². The second-order valence-electron chi connectivity index (χ2n) is 3.27. The standard InChI is InChI=1S/C11H10BrN3O/c12-9-6-13-15(7-9)8-11(16)14-10-4-2-1-3-5-10/h1-7H,8H2,(H,14,16). The maximum Gasteiger partial charge on any atom is 0.246 e. The summed E-state index contributed by atoms with van der Waals surface area (Å²) in [5.74, 6) is -0.0956. The normalized spacial score (nSPS) is 10.1. The highest BCUT2D eigenvalue weighted by Gasteiger charge is 2.03. The van der Waals surface area contributed by atoms with Crippen molar-refractivity contribution in [3.05, 3.63) is 47.2 Å². The number of nitrogens with zero attached hydrogens (tertiary/aromatic N) is 2. The molecule has 2 rings (SSSR count). The van der Waals surface area contributed by atoms with E-state index >= 15 is 0 Å². The summed E-state index contributed by atoms with van der Waals surface area (Å²) in [6.45, 7) is 0.209. The average molecular weight is 280 g/mol. The van der Waals surface area contributed by atoms with Crippen LogP contribution in [0.5, 0.6) is 0 Å². The minimum atomic E-state index is -0.0956. The fraction of sp³-hybridized carbons (Fsp3) is 0.0909. The summed E-state index contributed by atoms with van der Waals surface area (Å²) in [4.78, 5) is 11.6. The molecule has 0 fully saturated rings. The van der Waals surface area contributed by atoms with E-state index in [1.807, 2.05) is 30.3 Å². The molecule has 4 nitrogen and oxygen atoms in total. The first kappa shape index (κ1) is 10.9. The van der Waals surface area contributed by atoms with Gasteiger partial charge in [0.2, 0.25) is 5.91 Å². The number of anilines is 1. The third-order valence-electron chi connectivity index (χ3n) is 1.96. The molecular formula is C11H10BrN3O. The van der Waals surface area contributed by atoms with Crippen LogP contribution in [-0.4, -0.2) is 15.7 Å². The third kappa shape index (κ3) is 2.93. The second-order valence-corrected chi connectivity index (χ2v) is 4.19. The van der Waals surface area contributed by atoms with Crippen molar-refractivity contribution >= 4 is 27.5 Å². The fourth-order valence-electron chi connectivity index (χ4n) is 1.29. The van der Waals surface area contributed by atoms with Gasteiger partial charge in [-0.2, -0.15) is 5.10 Å². The Morgan fingerprint density at radius 3 is 2.75 bits per heavy atom. The van der Waals surface area contributed by atoms with Crippen molar-refractivity contribution in [3.63, 3.8) is 0 Å². The highest BCUT2D eigenvalue weighted by molar-refractivity contribution is 9.10. The summed E-state index contributed by atoms with van der Waals surface area (Å²) in [5, 5.41) is 6.79. The van der Waals surface area contributed by atoms with Gasteiger partial charge < -0.3 is 5.32 Å². The largest absolute Gasteiger partial charge is 0.324 e. The van der Waals surface area contributed by atoms with Gasteiger partial charge in [-0.1, -0.05) is 18.2 Å². The minimum absolute atomic E-state index is 0.0956. The quantitative estimate of drug-likeness (QED) is 0.937. The summed E-state index contributed by atoms with van der Waals surface area (Å²) in [6.07, 6.45) is 3.40. The Morgan fingerprint density at radius 2 is 2.12 bits per heavy atom. The molecule has 0 unspecified atom stereocenters. The van der Waals surface area contributed by atoms with Crippen LogP contribution in [0.3, 0.4) is 0 Å². The number of carbonyl (C=O) groups is 1. The fourth-order valence-corrected chi connectivity index (χ4v) is 1.62. The SMILES string of the molecule is O=C(Cn1cc(Br)cn1)Nc1ccccc1. The number of rotatable bonds is 3. The molecule has 1 aromatic heterocycles. The van der Waals surface area contributed by atoms with E-state index in [1.54, 1.807) is 17.1 Å². The number of halogens is 1. The lowest BCUT2D eigenvalue weighted by molar-refractivity contribution is -0.116. The molecule has 0 spiro atoms. The van der Waals surface area contributed by atoms with E-state index in [4.69, 9.17) is 0 Å². The summed E-state index contributed by atoms with van der Waals surface area (Å²) in [7, 11) is 0. The third-order valence-corrected chi connectivity index (χ3v) is 2.37. The van der Waals surface area contributed by atoms with Crippen molar-refractivity contribution in [2.75, 3.05) is 5.32 Å². The number of carbonyl (C=O) groups excluding carboxylic acids is 1. The lowest BCUT2D eigenvalue weighted by Gasteiger charge is -2.04. The van der Waals surface area contributed by atoms with Gasteiger partial charge in [0, 0.05) is 11.9 Å². The Balaban J connectivity index is 1.95. The van der Waals surface area contributed by atoms with E-state index in [9.17, 15) is 4.79 Å². The molecule has 1 amide bonds. The molecule has 1 aromatic carbocycles. The van der Waals surface area contributed by atoms with Crippen LogP contribution in [0.15, 0.2) is 47.2 Å². The van der Waals surface area contributed by atoms with Gasteiger partial charge in [-0.25, -0.2) is 0 Å². The lowest BCUT2D eigenvalue weighted by Crippen LogP contribution is -2.18. The lowest BCUT2D eigenvalue weighted by atomic mass is 10.3. The maximum absolute atomic E-state index is 11.6. The zero-order valence-electron chi connectivity index (χ0n) is 8.43. The molecule has 1 heterocycles. The number of hydrogen-bond donors (Lipinski definition) is 1. The first-order chi connectivity index (χ1) is 7.74. The van der Waals surface area contributed by atoms with Crippen LogP contribution in [-0.2, 0) is 11.3 Å². The molecule has 1 N–H and O–H groups in total. The van der Waals surface area contributed by atoms with Crippen molar-refractivity contribution < 1.29 is 4.79 Å². The van der Waals surface area contributed by atoms with Crippen LogP contribution in [0.4, 0.5) is 5.69 Å². The molecule has 5 heteroatoms. The van der Waals surface area contributed by atoms with E-state index in [0.29, 0.717) is 0 Å². The molecule has 0 aliphatic carbocycles. The Labute approximate surface area is 101 Å². The number of benzene rings is 1. The van der Waals surface area contributed by atoms with Gasteiger partial charge in [-0.05, 0) is 28.1 Å². The molecular weight excluding hydrogens is 270 g/mol. The number of nitrogens with one attached hydrogen (secondary N) is 1. The number of amides is 1. The maximum atomic E-state index is 11.6. The summed E-state index contributed by atoms with van der Waals surface area (Å²) >= 11 is 3.27. The zero-order valence-corrected chi connectivity index (χ0v) is 10.0. The Bertz CT molecular complexity index is 481. The van der Waals surface area contributed by atoms with Gasteiger partial charge in [0.25, 0.3) is 0 Å². The molecule has 16 heavy (non-hydrogen) atoms. The molecule has 0 radical (unpaired) electrons. The Morgan fingerprint density at radius 1 is 1.38 bits per heavy atom. The second kappa shape index (κ2) is 4.94. The van der Waals surface area contributed by atoms with Gasteiger partial charge in [-0.3, -0.25) is 9.48 Å². The molecule has 0 atom stereocenters. The van der Waals surface area contributed by atoms with E-state index in [1.165, 1.54) is 0 Å². The molecule has 0 bridgehead atoms. The van der Waals surface area contributed by atoms with Crippen molar-refractivity contribution in [2.24, 2.45) is 0 Å². The van der Waals surface area contributed by atoms with Crippen LogP contribution < -0.4 is 5.32 Å². The minimum Gasteiger partial charge on any atom is -0.324 e. The predicted molar refractivity (Wildman–Crippen MR) is 65.0 cm³/mol. The first-order valence-electron chi connectivity index (χ1n) is 4.77. The zero-order chi connectivity index (χ0) is 11.4. The molecule has 2 aromatic rings. The highest BCUT2D eigenvalue weighted by Crippen LogP contribution is 2.07. The summed E-state index contributed by atoms with van der Waals surface area (Å²) < 4.78 is 2.43. The van der Waals surface area contributed by atoms with Gasteiger partial charge >= 0.3 is 0 Å². The summed E-state index contributed by atoms with van der Waals surface area (Å²) in [6, 6.07) is 9.34. The van der Waals surface area contributed by atoms with Crippen LogP contribution in [0.25, 0.3) is 0 Å².